The van der Waals surface area contributed by atoms with Crippen LogP contribution in [0.2, 0.25) is 0 Å². The van der Waals surface area contributed by atoms with Crippen molar-refractivity contribution in [2.24, 2.45) is 11.0 Å². The van der Waals surface area contributed by atoms with E-state index in [1.165, 1.54) is 0 Å². The minimum Gasteiger partial charge on any atom is -0.484 e. The molecule has 0 unspecified atom stereocenters. The summed E-state index contributed by atoms with van der Waals surface area (Å²) in [6.07, 6.45) is 1.67. The molecule has 2 rings (SSSR count). The summed E-state index contributed by atoms with van der Waals surface area (Å²) in [7, 11) is 0. The number of hydrogen-bond acceptors (Lipinski definition) is 3. The van der Waals surface area contributed by atoms with Gasteiger partial charge in [-0.3, -0.25) is 4.79 Å². The standard InChI is InChI=1S/C16H18N2O2/c1-12(2)10-17-18-16(19)11-20-15-8-7-13-5-3-4-6-14(13)9-15/h3-10,12H,11H2,1-2H3,(H,18,19)/b17-10-. The second kappa shape index (κ2) is 6.70. The van der Waals surface area contributed by atoms with Gasteiger partial charge >= 0.3 is 0 Å². The van der Waals surface area contributed by atoms with Crippen molar-refractivity contribution in [2.75, 3.05) is 6.61 Å². The van der Waals surface area contributed by atoms with E-state index < -0.39 is 0 Å². The summed E-state index contributed by atoms with van der Waals surface area (Å²) in [6, 6.07) is 13.7. The van der Waals surface area contributed by atoms with E-state index in [2.05, 4.69) is 10.5 Å². The van der Waals surface area contributed by atoms with Gasteiger partial charge in [-0.1, -0.05) is 44.2 Å². The van der Waals surface area contributed by atoms with E-state index >= 15 is 0 Å². The molecule has 0 bridgehead atoms. The average molecular weight is 270 g/mol. The Morgan fingerprint density at radius 1 is 1.25 bits per heavy atom. The normalized spacial score (nSPS) is 11.2. The smallest absolute Gasteiger partial charge is 0.277 e. The van der Waals surface area contributed by atoms with Crippen LogP contribution in [0.5, 0.6) is 5.75 Å². The predicted octanol–water partition coefficient (Wildman–Crippen LogP) is 2.98. The van der Waals surface area contributed by atoms with Crippen molar-refractivity contribution in [1.82, 2.24) is 5.43 Å². The molecule has 0 radical (unpaired) electrons. The van der Waals surface area contributed by atoms with Gasteiger partial charge in [0.1, 0.15) is 5.75 Å². The van der Waals surface area contributed by atoms with Crippen LogP contribution in [0, 0.1) is 5.92 Å². The van der Waals surface area contributed by atoms with E-state index in [-0.39, 0.29) is 12.5 Å². The van der Waals surface area contributed by atoms with Gasteiger partial charge in [-0.2, -0.15) is 5.10 Å². The maximum atomic E-state index is 11.5. The highest BCUT2D eigenvalue weighted by Crippen LogP contribution is 2.20. The van der Waals surface area contributed by atoms with Crippen LogP contribution in [-0.4, -0.2) is 18.7 Å². The van der Waals surface area contributed by atoms with Crippen LogP contribution in [0.25, 0.3) is 10.8 Å². The fourth-order valence-corrected chi connectivity index (χ4v) is 1.70. The molecular weight excluding hydrogens is 252 g/mol. The van der Waals surface area contributed by atoms with E-state index in [9.17, 15) is 4.79 Å². The summed E-state index contributed by atoms with van der Waals surface area (Å²) in [4.78, 5) is 11.5. The molecule has 0 heterocycles. The first kappa shape index (κ1) is 14.1. The number of rotatable bonds is 5. The Kier molecular flexibility index (Phi) is 4.71. The topological polar surface area (TPSA) is 50.7 Å². The molecule has 0 aliphatic heterocycles. The third kappa shape index (κ3) is 4.09. The lowest BCUT2D eigenvalue weighted by molar-refractivity contribution is -0.123. The van der Waals surface area contributed by atoms with Gasteiger partial charge < -0.3 is 4.74 Å². The van der Waals surface area contributed by atoms with Gasteiger partial charge in [-0.05, 0) is 28.8 Å². The lowest BCUT2D eigenvalue weighted by atomic mass is 10.1. The third-order valence-electron chi connectivity index (χ3n) is 2.65. The Bertz CT molecular complexity index is 621. The quantitative estimate of drug-likeness (QED) is 0.670. The summed E-state index contributed by atoms with van der Waals surface area (Å²) in [5, 5.41) is 6.06. The molecule has 0 aliphatic rings. The van der Waals surface area contributed by atoms with E-state index in [0.29, 0.717) is 11.7 Å². The second-order valence-electron chi connectivity index (χ2n) is 4.85. The van der Waals surface area contributed by atoms with Crippen LogP contribution in [0.3, 0.4) is 0 Å². The SMILES string of the molecule is CC(C)/C=N\NC(=O)COc1ccc2ccccc2c1. The van der Waals surface area contributed by atoms with Crippen LogP contribution in [0.15, 0.2) is 47.6 Å². The fraction of sp³-hybridized carbons (Fsp3) is 0.250. The van der Waals surface area contributed by atoms with E-state index in [4.69, 9.17) is 4.74 Å². The number of nitrogens with one attached hydrogen (secondary N) is 1. The molecule has 1 amide bonds. The number of fused-ring (bicyclic) bond motifs is 1. The van der Waals surface area contributed by atoms with Crippen LogP contribution in [-0.2, 0) is 4.79 Å². The molecule has 1 N–H and O–H groups in total. The van der Waals surface area contributed by atoms with Gasteiger partial charge in [0.05, 0.1) is 0 Å². The molecule has 4 heteroatoms. The molecular formula is C16H18N2O2. The third-order valence-corrected chi connectivity index (χ3v) is 2.65. The zero-order valence-corrected chi connectivity index (χ0v) is 11.7. The number of hydrazone groups is 1. The summed E-state index contributed by atoms with van der Waals surface area (Å²) in [5.74, 6) is 0.707. The molecule has 0 saturated carbocycles. The van der Waals surface area contributed by atoms with Crippen molar-refractivity contribution >= 4 is 22.9 Å². The Morgan fingerprint density at radius 3 is 2.75 bits per heavy atom. The average Bonchev–Trinajstić information content (AvgIpc) is 2.44. The molecule has 20 heavy (non-hydrogen) atoms. The Morgan fingerprint density at radius 2 is 2.00 bits per heavy atom. The first-order valence-corrected chi connectivity index (χ1v) is 6.59. The summed E-state index contributed by atoms with van der Waals surface area (Å²) < 4.78 is 5.45. The summed E-state index contributed by atoms with van der Waals surface area (Å²) in [5.41, 5.74) is 2.43. The van der Waals surface area contributed by atoms with Gasteiger partial charge in [-0.25, -0.2) is 5.43 Å². The van der Waals surface area contributed by atoms with Gasteiger partial charge in [0.15, 0.2) is 6.61 Å². The number of carbonyl (C=O) groups excluding carboxylic acids is 1. The monoisotopic (exact) mass is 270 g/mol. The molecule has 0 saturated heterocycles. The maximum Gasteiger partial charge on any atom is 0.277 e. The van der Waals surface area contributed by atoms with E-state index in [1.807, 2.05) is 56.3 Å². The minimum absolute atomic E-state index is 0.0478. The molecule has 4 nitrogen and oxygen atoms in total. The lowest BCUT2D eigenvalue weighted by Crippen LogP contribution is -2.24. The Labute approximate surface area is 118 Å². The highest BCUT2D eigenvalue weighted by molar-refractivity contribution is 5.84. The van der Waals surface area contributed by atoms with Crippen molar-refractivity contribution in [3.8, 4) is 5.75 Å². The van der Waals surface area contributed by atoms with Crippen molar-refractivity contribution < 1.29 is 9.53 Å². The fourth-order valence-electron chi connectivity index (χ4n) is 1.70. The zero-order valence-electron chi connectivity index (χ0n) is 11.7. The number of amides is 1. The van der Waals surface area contributed by atoms with E-state index in [1.54, 1.807) is 6.21 Å². The number of hydrogen-bond donors (Lipinski definition) is 1. The molecule has 0 fully saturated rings. The highest BCUT2D eigenvalue weighted by atomic mass is 16.5. The number of carbonyl (C=O) groups is 1. The summed E-state index contributed by atoms with van der Waals surface area (Å²) in [6.45, 7) is 3.93. The molecule has 0 spiro atoms. The first-order valence-electron chi connectivity index (χ1n) is 6.59. The van der Waals surface area contributed by atoms with Crippen molar-refractivity contribution in [3.05, 3.63) is 42.5 Å². The largest absolute Gasteiger partial charge is 0.484 e. The number of benzene rings is 2. The van der Waals surface area contributed by atoms with Gasteiger partial charge in [0.2, 0.25) is 0 Å². The lowest BCUT2D eigenvalue weighted by Gasteiger charge is -2.06. The molecule has 2 aromatic rings. The summed E-state index contributed by atoms with van der Waals surface area (Å²) >= 11 is 0. The second-order valence-corrected chi connectivity index (χ2v) is 4.85. The maximum absolute atomic E-state index is 11.5. The molecule has 104 valence electrons. The van der Waals surface area contributed by atoms with Crippen LogP contribution in [0.4, 0.5) is 0 Å². The van der Waals surface area contributed by atoms with Crippen molar-refractivity contribution in [3.63, 3.8) is 0 Å². The number of ether oxygens (including phenoxy) is 1. The highest BCUT2D eigenvalue weighted by Gasteiger charge is 2.02. The van der Waals surface area contributed by atoms with E-state index in [0.717, 1.165) is 10.8 Å². The molecule has 0 aromatic heterocycles. The van der Waals surface area contributed by atoms with Crippen LogP contribution >= 0.6 is 0 Å². The Balaban J connectivity index is 1.90. The molecule has 2 aromatic carbocycles. The van der Waals surface area contributed by atoms with Crippen LogP contribution in [0.1, 0.15) is 13.8 Å². The van der Waals surface area contributed by atoms with Crippen molar-refractivity contribution in [1.29, 1.82) is 0 Å². The van der Waals surface area contributed by atoms with Gasteiger partial charge in [0.25, 0.3) is 5.91 Å². The number of nitrogens with zero attached hydrogens (tertiary/aromatic N) is 1. The van der Waals surface area contributed by atoms with Crippen LogP contribution < -0.4 is 10.2 Å². The first-order chi connectivity index (χ1) is 9.65. The zero-order chi connectivity index (χ0) is 14.4. The predicted molar refractivity (Wildman–Crippen MR) is 80.9 cm³/mol. The molecule has 0 atom stereocenters. The Hall–Kier alpha value is -2.36. The minimum atomic E-state index is -0.268. The van der Waals surface area contributed by atoms with Gasteiger partial charge in [0, 0.05) is 6.21 Å². The van der Waals surface area contributed by atoms with Crippen molar-refractivity contribution in [2.45, 2.75) is 13.8 Å². The van der Waals surface area contributed by atoms with Gasteiger partial charge in [-0.15, -0.1) is 0 Å². The molecule has 0 aliphatic carbocycles.